The third-order valence-electron chi connectivity index (χ3n) is 3.79. The highest BCUT2D eigenvalue weighted by atomic mass is 16.4. The molecule has 0 spiro atoms. The molecule has 0 fully saturated rings. The largest absolute Gasteiger partial charge is 0.477 e. The number of rotatable bonds is 3. The van der Waals surface area contributed by atoms with E-state index in [9.17, 15) is 14.7 Å². The number of carbonyl (C=O) groups is 2. The number of carboxylic acids is 1. The number of nitrogens with one attached hydrogen (secondary N) is 1. The average Bonchev–Trinajstić information content (AvgIpc) is 2.90. The van der Waals surface area contributed by atoms with Crippen LogP contribution < -0.4 is 5.43 Å². The van der Waals surface area contributed by atoms with Crippen molar-refractivity contribution in [3.63, 3.8) is 0 Å². The zero-order valence-electron chi connectivity index (χ0n) is 12.3. The number of fused-ring (bicyclic) bond motifs is 1. The molecule has 1 unspecified atom stereocenters. The lowest BCUT2D eigenvalue weighted by atomic mass is 9.93. The first-order valence-electron chi connectivity index (χ1n) is 7.13. The van der Waals surface area contributed by atoms with Crippen molar-refractivity contribution in [1.82, 2.24) is 15.0 Å². The van der Waals surface area contributed by atoms with Crippen molar-refractivity contribution in [2.24, 2.45) is 11.0 Å². The molecule has 0 bridgehead atoms. The molecule has 1 atom stereocenters. The molecule has 7 heteroatoms. The Hall–Kier alpha value is -2.70. The standard InChI is InChI=1S/C15H16N4O3/c1-3-9-7-12-10(14-8(2)6-13(20)16-17-14)4-5-11(15(21)22)19(12)18-9/h4-5,7-8H,3,6H2,1-2H3,(H,16,20)(H,21,22). The number of aryl methyl sites for hydroxylation is 1. The van der Waals surface area contributed by atoms with Crippen molar-refractivity contribution >= 4 is 23.1 Å². The summed E-state index contributed by atoms with van der Waals surface area (Å²) in [5, 5.41) is 17.8. The van der Waals surface area contributed by atoms with Gasteiger partial charge in [0.2, 0.25) is 5.91 Å². The maximum absolute atomic E-state index is 11.4. The van der Waals surface area contributed by atoms with E-state index in [1.165, 1.54) is 10.6 Å². The number of aromatic carboxylic acids is 1. The van der Waals surface area contributed by atoms with Crippen LogP contribution >= 0.6 is 0 Å². The summed E-state index contributed by atoms with van der Waals surface area (Å²) in [5.41, 5.74) is 5.63. The highest BCUT2D eigenvalue weighted by molar-refractivity contribution is 6.10. The van der Waals surface area contributed by atoms with E-state index >= 15 is 0 Å². The van der Waals surface area contributed by atoms with Crippen LogP contribution in [0.5, 0.6) is 0 Å². The van der Waals surface area contributed by atoms with Crippen LogP contribution in [0.1, 0.15) is 42.0 Å². The van der Waals surface area contributed by atoms with Gasteiger partial charge in [-0.1, -0.05) is 13.8 Å². The molecule has 7 nitrogen and oxygen atoms in total. The van der Waals surface area contributed by atoms with Gasteiger partial charge < -0.3 is 5.11 Å². The summed E-state index contributed by atoms with van der Waals surface area (Å²) < 4.78 is 1.43. The van der Waals surface area contributed by atoms with Crippen molar-refractivity contribution in [1.29, 1.82) is 0 Å². The molecule has 114 valence electrons. The summed E-state index contributed by atoms with van der Waals surface area (Å²) in [7, 11) is 0. The molecule has 0 aromatic carbocycles. The normalized spacial score (nSPS) is 18.2. The van der Waals surface area contributed by atoms with E-state index in [4.69, 9.17) is 0 Å². The van der Waals surface area contributed by atoms with Gasteiger partial charge in [0.15, 0.2) is 0 Å². The Kier molecular flexibility index (Phi) is 3.40. The fourth-order valence-electron chi connectivity index (χ4n) is 2.65. The summed E-state index contributed by atoms with van der Waals surface area (Å²) in [6, 6.07) is 5.11. The van der Waals surface area contributed by atoms with Crippen LogP contribution in [-0.2, 0) is 11.2 Å². The molecule has 1 aliphatic rings. The summed E-state index contributed by atoms with van der Waals surface area (Å²) in [6.45, 7) is 3.89. The zero-order valence-corrected chi connectivity index (χ0v) is 12.3. The van der Waals surface area contributed by atoms with Crippen molar-refractivity contribution in [2.45, 2.75) is 26.7 Å². The average molecular weight is 300 g/mol. The molecular formula is C15H16N4O3. The van der Waals surface area contributed by atoms with Crippen LogP contribution in [0.4, 0.5) is 0 Å². The van der Waals surface area contributed by atoms with Gasteiger partial charge in [0.05, 0.1) is 16.9 Å². The lowest BCUT2D eigenvalue weighted by Crippen LogP contribution is -2.32. The minimum absolute atomic E-state index is 0.0341. The van der Waals surface area contributed by atoms with Gasteiger partial charge >= 0.3 is 5.97 Å². The van der Waals surface area contributed by atoms with Crippen molar-refractivity contribution in [3.8, 4) is 0 Å². The summed E-state index contributed by atoms with van der Waals surface area (Å²) in [6.07, 6.45) is 1.07. The maximum Gasteiger partial charge on any atom is 0.354 e. The molecule has 2 aromatic rings. The van der Waals surface area contributed by atoms with Crippen molar-refractivity contribution < 1.29 is 14.7 Å². The van der Waals surface area contributed by atoms with Gasteiger partial charge in [-0.2, -0.15) is 10.2 Å². The van der Waals surface area contributed by atoms with Crippen LogP contribution in [0.3, 0.4) is 0 Å². The number of hydrogen-bond donors (Lipinski definition) is 2. The van der Waals surface area contributed by atoms with E-state index in [0.717, 1.165) is 17.0 Å². The molecule has 0 radical (unpaired) electrons. The van der Waals surface area contributed by atoms with E-state index in [-0.39, 0.29) is 17.5 Å². The molecule has 0 aliphatic carbocycles. The van der Waals surface area contributed by atoms with Crippen molar-refractivity contribution in [2.75, 3.05) is 0 Å². The smallest absolute Gasteiger partial charge is 0.354 e. The second kappa shape index (κ2) is 5.25. The Morgan fingerprint density at radius 1 is 1.50 bits per heavy atom. The molecule has 2 N–H and O–H groups in total. The number of carboxylic acid groups (broad SMARTS) is 1. The first kappa shape index (κ1) is 14.2. The van der Waals surface area contributed by atoms with Gasteiger partial charge in [-0.3, -0.25) is 4.79 Å². The molecular weight excluding hydrogens is 284 g/mol. The fourth-order valence-corrected chi connectivity index (χ4v) is 2.65. The number of carbonyl (C=O) groups excluding carboxylic acids is 1. The quantitative estimate of drug-likeness (QED) is 0.896. The van der Waals surface area contributed by atoms with E-state index < -0.39 is 5.97 Å². The third-order valence-corrected chi connectivity index (χ3v) is 3.79. The van der Waals surface area contributed by atoms with Crippen molar-refractivity contribution in [3.05, 3.63) is 35.2 Å². The number of pyridine rings is 1. The molecule has 1 amide bonds. The van der Waals surface area contributed by atoms with Crippen LogP contribution in [0, 0.1) is 5.92 Å². The predicted molar refractivity (Wildman–Crippen MR) is 80.0 cm³/mol. The van der Waals surface area contributed by atoms with Crippen LogP contribution in [0.15, 0.2) is 23.3 Å². The minimum Gasteiger partial charge on any atom is -0.477 e. The van der Waals surface area contributed by atoms with Gasteiger partial charge in [0.1, 0.15) is 5.69 Å². The molecule has 3 rings (SSSR count). The third kappa shape index (κ3) is 2.24. The molecule has 1 aliphatic heterocycles. The molecule has 3 heterocycles. The van der Waals surface area contributed by atoms with Crippen LogP contribution in [0.25, 0.3) is 5.52 Å². The van der Waals surface area contributed by atoms with Gasteiger partial charge in [-0.05, 0) is 24.6 Å². The molecule has 2 aromatic heterocycles. The van der Waals surface area contributed by atoms with Gasteiger partial charge in [-0.25, -0.2) is 14.7 Å². The van der Waals surface area contributed by atoms with E-state index in [1.54, 1.807) is 6.07 Å². The second-order valence-electron chi connectivity index (χ2n) is 5.36. The van der Waals surface area contributed by atoms with Gasteiger partial charge in [0.25, 0.3) is 0 Å². The Morgan fingerprint density at radius 2 is 2.27 bits per heavy atom. The molecule has 0 saturated carbocycles. The molecule has 22 heavy (non-hydrogen) atoms. The Labute approximate surface area is 126 Å². The Morgan fingerprint density at radius 3 is 2.91 bits per heavy atom. The monoisotopic (exact) mass is 300 g/mol. The topological polar surface area (TPSA) is 96.1 Å². The summed E-state index contributed by atoms with van der Waals surface area (Å²) in [5.74, 6) is -1.18. The number of nitrogens with zero attached hydrogens (tertiary/aromatic N) is 3. The lowest BCUT2D eigenvalue weighted by molar-refractivity contribution is -0.121. The number of hydrazone groups is 1. The summed E-state index contributed by atoms with van der Waals surface area (Å²) in [4.78, 5) is 22.8. The fraction of sp³-hybridized carbons (Fsp3) is 0.333. The maximum atomic E-state index is 11.4. The van der Waals surface area contributed by atoms with E-state index in [2.05, 4.69) is 15.6 Å². The van der Waals surface area contributed by atoms with Gasteiger partial charge in [0, 0.05) is 17.9 Å². The van der Waals surface area contributed by atoms with E-state index in [0.29, 0.717) is 18.4 Å². The zero-order chi connectivity index (χ0) is 15.9. The number of amides is 1. The van der Waals surface area contributed by atoms with Crippen LogP contribution in [-0.4, -0.2) is 32.3 Å². The highest BCUT2D eigenvalue weighted by Gasteiger charge is 2.25. The minimum atomic E-state index is -1.03. The SMILES string of the molecule is CCc1cc2c(C3=NNC(=O)CC3C)ccc(C(=O)O)n2n1. The predicted octanol–water partition coefficient (Wildman–Crippen LogP) is 1.45. The number of hydrogen-bond acceptors (Lipinski definition) is 4. The van der Waals surface area contributed by atoms with Gasteiger partial charge in [-0.15, -0.1) is 0 Å². The highest BCUT2D eigenvalue weighted by Crippen LogP contribution is 2.23. The number of aromatic nitrogens is 2. The second-order valence-corrected chi connectivity index (χ2v) is 5.36. The Bertz CT molecular complexity index is 806. The van der Waals surface area contributed by atoms with E-state index in [1.807, 2.05) is 19.9 Å². The van der Waals surface area contributed by atoms with Crippen LogP contribution in [0.2, 0.25) is 0 Å². The first-order valence-corrected chi connectivity index (χ1v) is 7.13. The lowest BCUT2D eigenvalue weighted by Gasteiger charge is -2.19. The first-order chi connectivity index (χ1) is 10.5. The summed E-state index contributed by atoms with van der Waals surface area (Å²) >= 11 is 0. The Balaban J connectivity index is 2.23. The molecule has 0 saturated heterocycles.